The Balaban J connectivity index is 1.47. The topological polar surface area (TPSA) is 110 Å². The summed E-state index contributed by atoms with van der Waals surface area (Å²) in [5, 5.41) is 14.0. The second-order valence-corrected chi connectivity index (χ2v) is 7.21. The number of carbonyl (C=O) groups excluding carboxylic acids is 3. The Labute approximate surface area is 183 Å². The lowest BCUT2D eigenvalue weighted by Crippen LogP contribution is -2.15. The molecule has 0 aliphatic heterocycles. The summed E-state index contributed by atoms with van der Waals surface area (Å²) in [6.45, 7) is 2.04. The van der Waals surface area contributed by atoms with Crippen LogP contribution in [-0.4, -0.2) is 40.3 Å². The number of ether oxygens (including phenoxy) is 1. The minimum Gasteiger partial charge on any atom is -0.462 e. The molecule has 0 bridgehead atoms. The minimum absolute atomic E-state index is 0.129. The van der Waals surface area contributed by atoms with Crippen molar-refractivity contribution in [1.29, 1.82) is 0 Å². The van der Waals surface area contributed by atoms with E-state index in [0.717, 1.165) is 0 Å². The van der Waals surface area contributed by atoms with Gasteiger partial charge < -0.3 is 15.4 Å². The van der Waals surface area contributed by atoms with Crippen LogP contribution in [0.3, 0.4) is 0 Å². The van der Waals surface area contributed by atoms with E-state index in [2.05, 4.69) is 20.8 Å². The molecule has 0 radical (unpaired) electrons. The molecule has 3 aromatic rings. The normalized spacial score (nSPS) is 10.2. The Morgan fingerprint density at radius 2 is 1.61 bits per heavy atom. The van der Waals surface area contributed by atoms with Crippen LogP contribution in [0.1, 0.15) is 27.6 Å². The fourth-order valence-electron chi connectivity index (χ4n) is 2.48. The molecular formula is C22H20N4O4S. The van der Waals surface area contributed by atoms with Crippen molar-refractivity contribution >= 4 is 41.1 Å². The van der Waals surface area contributed by atoms with E-state index in [-0.39, 0.29) is 17.6 Å². The van der Waals surface area contributed by atoms with Crippen molar-refractivity contribution in [3.63, 3.8) is 0 Å². The number of thioether (sulfide) groups is 1. The van der Waals surface area contributed by atoms with Crippen LogP contribution in [-0.2, 0) is 9.53 Å². The van der Waals surface area contributed by atoms with Gasteiger partial charge in [0, 0.05) is 11.3 Å². The Morgan fingerprint density at radius 1 is 0.871 bits per heavy atom. The predicted molar refractivity (Wildman–Crippen MR) is 118 cm³/mol. The van der Waals surface area contributed by atoms with Crippen molar-refractivity contribution in [2.24, 2.45) is 0 Å². The average molecular weight is 436 g/mol. The van der Waals surface area contributed by atoms with E-state index in [1.807, 2.05) is 6.07 Å². The molecule has 2 amide bonds. The number of esters is 1. The van der Waals surface area contributed by atoms with E-state index >= 15 is 0 Å². The van der Waals surface area contributed by atoms with Gasteiger partial charge in [0.05, 0.1) is 17.9 Å². The van der Waals surface area contributed by atoms with E-state index in [4.69, 9.17) is 4.74 Å². The number of aromatic nitrogens is 2. The van der Waals surface area contributed by atoms with Crippen LogP contribution in [0.4, 0.5) is 11.5 Å². The second kappa shape index (κ2) is 10.9. The second-order valence-electron chi connectivity index (χ2n) is 6.21. The first-order valence-electron chi connectivity index (χ1n) is 9.45. The van der Waals surface area contributed by atoms with Gasteiger partial charge in [-0.3, -0.25) is 9.59 Å². The third-order valence-electron chi connectivity index (χ3n) is 3.95. The average Bonchev–Trinajstić information content (AvgIpc) is 2.80. The number of rotatable bonds is 8. The predicted octanol–water partition coefficient (Wildman–Crippen LogP) is 3.64. The Bertz CT molecular complexity index is 1040. The number of anilines is 2. The number of hydrogen-bond donors (Lipinski definition) is 2. The number of hydrogen-bond acceptors (Lipinski definition) is 7. The molecule has 1 heterocycles. The first kappa shape index (κ1) is 22.0. The van der Waals surface area contributed by atoms with E-state index in [1.54, 1.807) is 67.6 Å². The van der Waals surface area contributed by atoms with Crippen molar-refractivity contribution < 1.29 is 19.1 Å². The monoisotopic (exact) mass is 436 g/mol. The van der Waals surface area contributed by atoms with Gasteiger partial charge in [0.2, 0.25) is 5.91 Å². The third kappa shape index (κ3) is 6.65. The fraction of sp³-hybridized carbons (Fsp3) is 0.136. The number of nitrogens with one attached hydrogen (secondary N) is 2. The standard InChI is InChI=1S/C22H20N4O4S/c1-2-30-22(29)16-8-10-17(11-9-16)23-19(27)14-31-20-13-12-18(25-26-20)24-21(28)15-6-4-3-5-7-15/h3-13H,2,14H2,1H3,(H,23,27)(H,24,25,28). The van der Waals surface area contributed by atoms with Crippen LogP contribution in [0.25, 0.3) is 0 Å². The Hall–Kier alpha value is -3.72. The highest BCUT2D eigenvalue weighted by Gasteiger charge is 2.10. The summed E-state index contributed by atoms with van der Waals surface area (Å²) in [6.07, 6.45) is 0. The van der Waals surface area contributed by atoms with Gasteiger partial charge in [-0.2, -0.15) is 0 Å². The molecule has 0 aliphatic rings. The first-order chi connectivity index (χ1) is 15.0. The van der Waals surface area contributed by atoms with Crippen molar-refractivity contribution in [1.82, 2.24) is 10.2 Å². The SMILES string of the molecule is CCOC(=O)c1ccc(NC(=O)CSc2ccc(NC(=O)c3ccccc3)nn2)cc1. The largest absolute Gasteiger partial charge is 0.462 e. The number of carbonyl (C=O) groups is 3. The molecule has 0 saturated heterocycles. The third-order valence-corrected chi connectivity index (χ3v) is 4.87. The van der Waals surface area contributed by atoms with Gasteiger partial charge >= 0.3 is 5.97 Å². The first-order valence-corrected chi connectivity index (χ1v) is 10.4. The molecule has 1 aromatic heterocycles. The zero-order valence-corrected chi connectivity index (χ0v) is 17.5. The maximum atomic E-state index is 12.1. The Morgan fingerprint density at radius 3 is 2.26 bits per heavy atom. The lowest BCUT2D eigenvalue weighted by Gasteiger charge is -2.07. The molecule has 0 fully saturated rings. The summed E-state index contributed by atoms with van der Waals surface area (Å²) in [5.41, 5.74) is 1.52. The summed E-state index contributed by atoms with van der Waals surface area (Å²) < 4.78 is 4.92. The van der Waals surface area contributed by atoms with Gasteiger partial charge in [-0.1, -0.05) is 30.0 Å². The molecule has 2 aromatic carbocycles. The van der Waals surface area contributed by atoms with Crippen LogP contribution < -0.4 is 10.6 Å². The molecule has 0 aliphatic carbocycles. The van der Waals surface area contributed by atoms with Crippen LogP contribution in [0, 0.1) is 0 Å². The lowest BCUT2D eigenvalue weighted by atomic mass is 10.2. The maximum Gasteiger partial charge on any atom is 0.338 e. The highest BCUT2D eigenvalue weighted by Crippen LogP contribution is 2.17. The minimum atomic E-state index is -0.405. The molecular weight excluding hydrogens is 416 g/mol. The van der Waals surface area contributed by atoms with Gasteiger partial charge in [-0.25, -0.2) is 4.79 Å². The van der Waals surface area contributed by atoms with Crippen molar-refractivity contribution in [2.45, 2.75) is 11.9 Å². The van der Waals surface area contributed by atoms with Crippen molar-refractivity contribution in [3.8, 4) is 0 Å². The summed E-state index contributed by atoms with van der Waals surface area (Å²) >= 11 is 1.21. The summed E-state index contributed by atoms with van der Waals surface area (Å²) in [4.78, 5) is 35.9. The van der Waals surface area contributed by atoms with Gasteiger partial charge in [-0.15, -0.1) is 10.2 Å². The number of nitrogens with zero attached hydrogens (tertiary/aromatic N) is 2. The molecule has 9 heteroatoms. The van der Waals surface area contributed by atoms with Crippen LogP contribution in [0.2, 0.25) is 0 Å². The van der Waals surface area contributed by atoms with Gasteiger partial charge in [-0.05, 0) is 55.5 Å². The quantitative estimate of drug-likeness (QED) is 0.410. The molecule has 158 valence electrons. The van der Waals surface area contributed by atoms with Gasteiger partial charge in [0.25, 0.3) is 5.91 Å². The lowest BCUT2D eigenvalue weighted by molar-refractivity contribution is -0.113. The van der Waals surface area contributed by atoms with E-state index in [1.165, 1.54) is 11.8 Å². The summed E-state index contributed by atoms with van der Waals surface area (Å²) in [6, 6.07) is 18.6. The zero-order valence-electron chi connectivity index (χ0n) is 16.7. The van der Waals surface area contributed by atoms with Crippen LogP contribution >= 0.6 is 11.8 Å². The maximum absolute atomic E-state index is 12.1. The highest BCUT2D eigenvalue weighted by molar-refractivity contribution is 7.99. The molecule has 0 unspecified atom stereocenters. The molecule has 0 atom stereocenters. The molecule has 2 N–H and O–H groups in total. The zero-order chi connectivity index (χ0) is 22.1. The number of amides is 2. The molecule has 8 nitrogen and oxygen atoms in total. The Kier molecular flexibility index (Phi) is 7.72. The molecule has 3 rings (SSSR count). The van der Waals surface area contributed by atoms with Crippen LogP contribution in [0.5, 0.6) is 0 Å². The van der Waals surface area contributed by atoms with Crippen molar-refractivity contribution in [2.75, 3.05) is 23.0 Å². The van der Waals surface area contributed by atoms with Crippen molar-refractivity contribution in [3.05, 3.63) is 77.9 Å². The van der Waals surface area contributed by atoms with Gasteiger partial charge in [0.1, 0.15) is 5.03 Å². The van der Waals surface area contributed by atoms with Gasteiger partial charge in [0.15, 0.2) is 5.82 Å². The van der Waals surface area contributed by atoms with Crippen LogP contribution in [0.15, 0.2) is 71.8 Å². The smallest absolute Gasteiger partial charge is 0.338 e. The van der Waals surface area contributed by atoms with E-state index in [9.17, 15) is 14.4 Å². The van der Waals surface area contributed by atoms with E-state index < -0.39 is 5.97 Å². The molecule has 31 heavy (non-hydrogen) atoms. The summed E-state index contributed by atoms with van der Waals surface area (Å²) in [7, 11) is 0. The molecule has 0 saturated carbocycles. The molecule has 0 spiro atoms. The number of benzene rings is 2. The highest BCUT2D eigenvalue weighted by atomic mass is 32.2. The fourth-order valence-corrected chi connectivity index (χ4v) is 3.10. The van der Waals surface area contributed by atoms with E-state index in [0.29, 0.717) is 34.3 Å². The summed E-state index contributed by atoms with van der Waals surface area (Å²) in [5.74, 6) is -0.452.